The third-order valence-corrected chi connectivity index (χ3v) is 5.76. The van der Waals surface area contributed by atoms with Gasteiger partial charge >= 0.3 is 0 Å². The summed E-state index contributed by atoms with van der Waals surface area (Å²) in [6.07, 6.45) is 6.09. The number of aryl methyl sites for hydroxylation is 1. The molecule has 2 heterocycles. The van der Waals surface area contributed by atoms with Crippen LogP contribution in [-0.2, 0) is 6.54 Å². The second kappa shape index (κ2) is 10.3. The Kier molecular flexibility index (Phi) is 7.43. The van der Waals surface area contributed by atoms with Gasteiger partial charge in [-0.15, -0.1) is 11.8 Å². The maximum Gasteiger partial charge on any atom is 0.193 e. The minimum Gasteiger partial charge on any atom is -0.357 e. The molecule has 0 radical (unpaired) electrons. The molecule has 1 unspecified atom stereocenters. The Morgan fingerprint density at radius 1 is 1.31 bits per heavy atom. The van der Waals surface area contributed by atoms with Gasteiger partial charge in [-0.3, -0.25) is 9.67 Å². The molecule has 0 amide bonds. The van der Waals surface area contributed by atoms with E-state index in [1.807, 2.05) is 34.9 Å². The average molecular weight is 372 g/mol. The molecule has 0 aliphatic carbocycles. The van der Waals surface area contributed by atoms with Gasteiger partial charge in [0.2, 0.25) is 0 Å². The third-order valence-electron chi connectivity index (χ3n) is 4.52. The SMILES string of the molecule is CCNC(=NCCCn1cccn1)N1CCC(CSc2ccccc2)C1. The van der Waals surface area contributed by atoms with E-state index in [-0.39, 0.29) is 0 Å². The predicted octanol–water partition coefficient (Wildman–Crippen LogP) is 3.35. The van der Waals surface area contributed by atoms with Crippen LogP contribution >= 0.6 is 11.8 Å². The molecule has 0 saturated carbocycles. The van der Waals surface area contributed by atoms with Crippen LogP contribution in [0.4, 0.5) is 0 Å². The van der Waals surface area contributed by atoms with E-state index in [9.17, 15) is 0 Å². The van der Waals surface area contributed by atoms with Crippen molar-refractivity contribution in [3.05, 3.63) is 48.8 Å². The molecule has 6 heteroatoms. The lowest BCUT2D eigenvalue weighted by molar-refractivity contribution is 0.473. The first kappa shape index (κ1) is 18.8. The molecule has 1 fully saturated rings. The number of benzene rings is 1. The van der Waals surface area contributed by atoms with Crippen LogP contribution in [0, 0.1) is 5.92 Å². The fourth-order valence-electron chi connectivity index (χ4n) is 3.17. The average Bonchev–Trinajstić information content (AvgIpc) is 3.35. The molecule has 1 aliphatic rings. The number of nitrogens with zero attached hydrogens (tertiary/aromatic N) is 4. The third kappa shape index (κ3) is 5.80. The van der Waals surface area contributed by atoms with E-state index < -0.39 is 0 Å². The number of hydrogen-bond acceptors (Lipinski definition) is 3. The maximum atomic E-state index is 4.83. The Morgan fingerprint density at radius 3 is 2.96 bits per heavy atom. The van der Waals surface area contributed by atoms with Crippen LogP contribution < -0.4 is 5.32 Å². The molecule has 1 aromatic carbocycles. The van der Waals surface area contributed by atoms with Gasteiger partial charge in [-0.05, 0) is 43.9 Å². The highest BCUT2D eigenvalue weighted by Gasteiger charge is 2.24. The molecule has 0 bridgehead atoms. The number of hydrogen-bond donors (Lipinski definition) is 1. The molecular weight excluding hydrogens is 342 g/mol. The van der Waals surface area contributed by atoms with Crippen molar-refractivity contribution in [3.63, 3.8) is 0 Å². The van der Waals surface area contributed by atoms with Gasteiger partial charge in [-0.2, -0.15) is 5.10 Å². The summed E-state index contributed by atoms with van der Waals surface area (Å²) in [6.45, 7) is 7.01. The molecule has 1 atom stereocenters. The zero-order valence-corrected chi connectivity index (χ0v) is 16.4. The normalized spacial score (nSPS) is 17.7. The van der Waals surface area contributed by atoms with Crippen molar-refractivity contribution in [1.29, 1.82) is 0 Å². The fourth-order valence-corrected chi connectivity index (χ4v) is 4.22. The van der Waals surface area contributed by atoms with Gasteiger partial charge in [-0.25, -0.2) is 0 Å². The smallest absolute Gasteiger partial charge is 0.193 e. The van der Waals surface area contributed by atoms with Crippen molar-refractivity contribution in [1.82, 2.24) is 20.0 Å². The Hall–Kier alpha value is -1.95. The highest BCUT2D eigenvalue weighted by molar-refractivity contribution is 7.99. The monoisotopic (exact) mass is 371 g/mol. The lowest BCUT2D eigenvalue weighted by atomic mass is 10.2. The number of likely N-dealkylation sites (tertiary alicyclic amines) is 1. The molecule has 1 aliphatic heterocycles. The lowest BCUT2D eigenvalue weighted by Crippen LogP contribution is -2.40. The number of guanidine groups is 1. The standard InChI is InChI=1S/C20H29N5S/c1-2-21-20(22-11-6-13-25-14-7-12-23-25)24-15-10-18(16-24)17-26-19-8-4-3-5-9-19/h3-5,7-9,12,14,18H,2,6,10-11,13,15-17H2,1H3,(H,21,22). The van der Waals surface area contributed by atoms with Gasteiger partial charge in [0.1, 0.15) is 0 Å². The molecule has 2 aromatic rings. The number of aliphatic imine (C=N–C) groups is 1. The number of thioether (sulfide) groups is 1. The topological polar surface area (TPSA) is 45.5 Å². The minimum absolute atomic E-state index is 0.730. The van der Waals surface area contributed by atoms with Crippen molar-refractivity contribution in [2.45, 2.75) is 31.2 Å². The summed E-state index contributed by atoms with van der Waals surface area (Å²) in [4.78, 5) is 8.62. The zero-order valence-electron chi connectivity index (χ0n) is 15.6. The van der Waals surface area contributed by atoms with Gasteiger partial charge in [0.05, 0.1) is 0 Å². The molecule has 26 heavy (non-hydrogen) atoms. The summed E-state index contributed by atoms with van der Waals surface area (Å²) in [5, 5.41) is 7.70. The second-order valence-electron chi connectivity index (χ2n) is 6.58. The first-order chi connectivity index (χ1) is 12.8. The summed E-state index contributed by atoms with van der Waals surface area (Å²) in [6, 6.07) is 12.7. The largest absolute Gasteiger partial charge is 0.357 e. The molecule has 1 N–H and O–H groups in total. The van der Waals surface area contributed by atoms with Crippen molar-refractivity contribution in [2.75, 3.05) is 31.9 Å². The van der Waals surface area contributed by atoms with Crippen LogP contribution in [0.25, 0.3) is 0 Å². The molecule has 0 spiro atoms. The Labute approximate surface area is 160 Å². The quantitative estimate of drug-likeness (QED) is 0.334. The minimum atomic E-state index is 0.730. The maximum absolute atomic E-state index is 4.83. The first-order valence-electron chi connectivity index (χ1n) is 9.53. The van der Waals surface area contributed by atoms with Gasteiger partial charge in [0, 0.05) is 55.8 Å². The molecule has 1 aromatic heterocycles. The van der Waals surface area contributed by atoms with E-state index >= 15 is 0 Å². The molecule has 5 nitrogen and oxygen atoms in total. The number of nitrogens with one attached hydrogen (secondary N) is 1. The lowest BCUT2D eigenvalue weighted by Gasteiger charge is -2.21. The van der Waals surface area contributed by atoms with Crippen LogP contribution in [0.15, 0.2) is 58.7 Å². The van der Waals surface area contributed by atoms with Gasteiger partial charge in [-0.1, -0.05) is 18.2 Å². The summed E-state index contributed by atoms with van der Waals surface area (Å²) < 4.78 is 1.97. The van der Waals surface area contributed by atoms with E-state index in [0.29, 0.717) is 0 Å². The summed E-state index contributed by atoms with van der Waals surface area (Å²) in [7, 11) is 0. The first-order valence-corrected chi connectivity index (χ1v) is 10.5. The fraction of sp³-hybridized carbons (Fsp3) is 0.500. The van der Waals surface area contributed by atoms with E-state index in [1.54, 1.807) is 0 Å². The summed E-state index contributed by atoms with van der Waals surface area (Å²) >= 11 is 1.97. The Morgan fingerprint density at radius 2 is 2.19 bits per heavy atom. The second-order valence-corrected chi connectivity index (χ2v) is 7.68. The molecular formula is C20H29N5S. The Balaban J connectivity index is 1.44. The van der Waals surface area contributed by atoms with Crippen LogP contribution in [0.1, 0.15) is 19.8 Å². The van der Waals surface area contributed by atoms with Crippen LogP contribution in [-0.4, -0.2) is 52.6 Å². The van der Waals surface area contributed by atoms with Gasteiger partial charge in [0.15, 0.2) is 5.96 Å². The predicted molar refractivity (Wildman–Crippen MR) is 110 cm³/mol. The Bertz CT molecular complexity index is 656. The molecule has 1 saturated heterocycles. The van der Waals surface area contributed by atoms with Crippen LogP contribution in [0.3, 0.4) is 0 Å². The van der Waals surface area contributed by atoms with Crippen LogP contribution in [0.5, 0.6) is 0 Å². The summed E-state index contributed by atoms with van der Waals surface area (Å²) in [5.41, 5.74) is 0. The van der Waals surface area contributed by atoms with Gasteiger partial charge < -0.3 is 10.2 Å². The summed E-state index contributed by atoms with van der Waals surface area (Å²) in [5.74, 6) is 2.98. The van der Waals surface area contributed by atoms with Gasteiger partial charge in [0.25, 0.3) is 0 Å². The van der Waals surface area contributed by atoms with E-state index in [0.717, 1.165) is 51.0 Å². The molecule has 140 valence electrons. The molecule has 3 rings (SSSR count). The van der Waals surface area contributed by atoms with Crippen molar-refractivity contribution in [2.24, 2.45) is 10.9 Å². The zero-order chi connectivity index (χ0) is 18.0. The van der Waals surface area contributed by atoms with Crippen molar-refractivity contribution >= 4 is 17.7 Å². The number of aromatic nitrogens is 2. The highest BCUT2D eigenvalue weighted by atomic mass is 32.2. The van der Waals surface area contributed by atoms with E-state index in [4.69, 9.17) is 4.99 Å². The van der Waals surface area contributed by atoms with E-state index in [2.05, 4.69) is 52.6 Å². The van der Waals surface area contributed by atoms with Crippen molar-refractivity contribution < 1.29 is 0 Å². The number of rotatable bonds is 8. The highest BCUT2D eigenvalue weighted by Crippen LogP contribution is 2.25. The van der Waals surface area contributed by atoms with Crippen molar-refractivity contribution in [3.8, 4) is 0 Å². The van der Waals surface area contributed by atoms with E-state index in [1.165, 1.54) is 17.1 Å². The van der Waals surface area contributed by atoms with Crippen LogP contribution in [0.2, 0.25) is 0 Å².